The van der Waals surface area contributed by atoms with Crippen LogP contribution in [0.4, 0.5) is 4.79 Å². The second kappa shape index (κ2) is 7.83. The molecule has 0 N–H and O–H groups in total. The SMILES string of the molecule is CC.CC(C)(C)OC(=O)N1CCCC(OS(C)(=O)=O)C1. The highest BCUT2D eigenvalue weighted by Gasteiger charge is 2.29. The van der Waals surface area contributed by atoms with Gasteiger partial charge in [0.2, 0.25) is 0 Å². The van der Waals surface area contributed by atoms with Gasteiger partial charge in [-0.3, -0.25) is 4.18 Å². The Labute approximate surface area is 122 Å². The summed E-state index contributed by atoms with van der Waals surface area (Å²) >= 11 is 0. The van der Waals surface area contributed by atoms with Gasteiger partial charge in [-0.2, -0.15) is 8.42 Å². The van der Waals surface area contributed by atoms with Gasteiger partial charge in [0.1, 0.15) is 5.60 Å². The van der Waals surface area contributed by atoms with E-state index in [0.717, 1.165) is 6.26 Å². The average Bonchev–Trinajstić information content (AvgIpc) is 2.27. The van der Waals surface area contributed by atoms with Gasteiger partial charge in [-0.1, -0.05) is 13.8 Å². The molecule has 1 rings (SSSR count). The molecule has 1 heterocycles. The van der Waals surface area contributed by atoms with Crippen LogP contribution in [0.2, 0.25) is 0 Å². The van der Waals surface area contributed by atoms with E-state index < -0.39 is 27.9 Å². The van der Waals surface area contributed by atoms with Gasteiger partial charge in [0, 0.05) is 6.54 Å². The second-order valence-corrected chi connectivity index (χ2v) is 7.09. The summed E-state index contributed by atoms with van der Waals surface area (Å²) in [7, 11) is -3.49. The summed E-state index contributed by atoms with van der Waals surface area (Å²) < 4.78 is 32.2. The van der Waals surface area contributed by atoms with Gasteiger partial charge in [-0.15, -0.1) is 0 Å². The Morgan fingerprint density at radius 3 is 2.25 bits per heavy atom. The van der Waals surface area contributed by atoms with E-state index in [2.05, 4.69) is 0 Å². The van der Waals surface area contributed by atoms with Crippen molar-refractivity contribution in [2.24, 2.45) is 0 Å². The number of likely N-dealkylation sites (tertiary alicyclic amines) is 1. The molecule has 20 heavy (non-hydrogen) atoms. The zero-order chi connectivity index (χ0) is 16.0. The smallest absolute Gasteiger partial charge is 0.410 e. The fourth-order valence-electron chi connectivity index (χ4n) is 1.76. The van der Waals surface area contributed by atoms with Crippen LogP contribution in [-0.2, 0) is 19.0 Å². The Balaban J connectivity index is 0.00000172. The summed E-state index contributed by atoms with van der Waals surface area (Å²) in [6.07, 6.45) is 1.45. The van der Waals surface area contributed by atoms with E-state index in [0.29, 0.717) is 19.4 Å². The Morgan fingerprint density at radius 1 is 1.25 bits per heavy atom. The molecule has 0 aromatic carbocycles. The molecule has 0 aromatic rings. The molecule has 0 aromatic heterocycles. The van der Waals surface area contributed by atoms with E-state index in [1.54, 1.807) is 20.8 Å². The number of piperidine rings is 1. The third-order valence-electron chi connectivity index (χ3n) is 2.34. The summed E-state index contributed by atoms with van der Waals surface area (Å²) in [6.45, 7) is 10.2. The van der Waals surface area contributed by atoms with Crippen LogP contribution < -0.4 is 0 Å². The number of hydrogen-bond donors (Lipinski definition) is 0. The molecule has 1 aliphatic heterocycles. The lowest BCUT2D eigenvalue weighted by atomic mass is 10.1. The number of amides is 1. The second-order valence-electron chi connectivity index (χ2n) is 5.49. The van der Waals surface area contributed by atoms with Gasteiger partial charge in [0.15, 0.2) is 0 Å². The highest BCUT2D eigenvalue weighted by molar-refractivity contribution is 7.86. The molecule has 1 atom stereocenters. The van der Waals surface area contributed by atoms with Gasteiger partial charge >= 0.3 is 6.09 Å². The van der Waals surface area contributed by atoms with Crippen LogP contribution in [0.25, 0.3) is 0 Å². The first kappa shape index (κ1) is 19.2. The topological polar surface area (TPSA) is 72.9 Å². The third kappa shape index (κ3) is 8.37. The largest absolute Gasteiger partial charge is 0.444 e. The molecule has 0 bridgehead atoms. The zero-order valence-electron chi connectivity index (χ0n) is 13.3. The van der Waals surface area contributed by atoms with E-state index in [1.165, 1.54) is 4.90 Å². The summed E-state index contributed by atoms with van der Waals surface area (Å²) in [5.41, 5.74) is -0.554. The van der Waals surface area contributed by atoms with E-state index in [1.807, 2.05) is 13.8 Å². The van der Waals surface area contributed by atoms with Crippen LogP contribution in [0.1, 0.15) is 47.5 Å². The molecule has 0 spiro atoms. The predicted molar refractivity (Wildman–Crippen MR) is 78.1 cm³/mol. The molecule has 1 saturated heterocycles. The molecule has 7 heteroatoms. The lowest BCUT2D eigenvalue weighted by molar-refractivity contribution is 0.00851. The maximum absolute atomic E-state index is 11.8. The minimum Gasteiger partial charge on any atom is -0.444 e. The van der Waals surface area contributed by atoms with Crippen molar-refractivity contribution in [3.8, 4) is 0 Å². The maximum Gasteiger partial charge on any atom is 0.410 e. The van der Waals surface area contributed by atoms with E-state index >= 15 is 0 Å². The molecule has 1 fully saturated rings. The highest BCUT2D eigenvalue weighted by atomic mass is 32.2. The van der Waals surface area contributed by atoms with Gasteiger partial charge in [0.05, 0.1) is 18.9 Å². The summed E-state index contributed by atoms with van der Waals surface area (Å²) in [5.74, 6) is 0. The van der Waals surface area contributed by atoms with Crippen LogP contribution in [0.5, 0.6) is 0 Å². The van der Waals surface area contributed by atoms with Crippen molar-refractivity contribution < 1.29 is 22.1 Å². The minimum atomic E-state index is -3.49. The Hall–Kier alpha value is -0.820. The van der Waals surface area contributed by atoms with Crippen molar-refractivity contribution in [2.45, 2.75) is 59.2 Å². The quantitative estimate of drug-likeness (QED) is 0.732. The first-order chi connectivity index (χ1) is 9.07. The van der Waals surface area contributed by atoms with Gasteiger partial charge < -0.3 is 9.64 Å². The number of carbonyl (C=O) groups excluding carboxylic acids is 1. The maximum atomic E-state index is 11.8. The first-order valence-electron chi connectivity index (χ1n) is 6.93. The molecular weight excluding hydrogens is 282 g/mol. The molecule has 0 radical (unpaired) electrons. The standard InChI is InChI=1S/C11H21NO5S.C2H6/c1-11(2,3)16-10(13)12-7-5-6-9(8-12)17-18(4,14)15;1-2/h9H,5-8H2,1-4H3;1-2H3. The third-order valence-corrected chi connectivity index (χ3v) is 2.96. The van der Waals surface area contributed by atoms with Crippen molar-refractivity contribution in [3.63, 3.8) is 0 Å². The number of ether oxygens (including phenoxy) is 1. The molecule has 1 unspecified atom stereocenters. The van der Waals surface area contributed by atoms with Crippen molar-refractivity contribution in [3.05, 3.63) is 0 Å². The van der Waals surface area contributed by atoms with E-state index in [4.69, 9.17) is 8.92 Å². The molecule has 1 aliphatic rings. The number of carbonyl (C=O) groups is 1. The fraction of sp³-hybridized carbons (Fsp3) is 0.923. The van der Waals surface area contributed by atoms with Crippen LogP contribution >= 0.6 is 0 Å². The van der Waals surface area contributed by atoms with Gasteiger partial charge in [0.25, 0.3) is 10.1 Å². The normalized spacial score (nSPS) is 19.9. The predicted octanol–water partition coefficient (Wildman–Crippen LogP) is 2.39. The zero-order valence-corrected chi connectivity index (χ0v) is 14.1. The average molecular weight is 309 g/mol. The van der Waals surface area contributed by atoms with Gasteiger partial charge in [-0.25, -0.2) is 4.79 Å². The van der Waals surface area contributed by atoms with Crippen molar-refractivity contribution in [1.29, 1.82) is 0 Å². The molecular formula is C13H27NO5S. The molecule has 1 amide bonds. The summed E-state index contributed by atoms with van der Waals surface area (Å²) in [4.78, 5) is 13.3. The van der Waals surface area contributed by atoms with E-state index in [-0.39, 0.29) is 6.54 Å². The minimum absolute atomic E-state index is 0.252. The number of nitrogens with zero attached hydrogens (tertiary/aromatic N) is 1. The van der Waals surface area contributed by atoms with Crippen molar-refractivity contribution >= 4 is 16.2 Å². The first-order valence-corrected chi connectivity index (χ1v) is 8.75. The molecule has 6 nitrogen and oxygen atoms in total. The van der Waals surface area contributed by atoms with Crippen LogP contribution in [0, 0.1) is 0 Å². The summed E-state index contributed by atoms with van der Waals surface area (Å²) in [6, 6.07) is 0. The van der Waals surface area contributed by atoms with Crippen molar-refractivity contribution in [1.82, 2.24) is 4.90 Å². The number of rotatable bonds is 2. The van der Waals surface area contributed by atoms with Gasteiger partial charge in [-0.05, 0) is 33.6 Å². The number of hydrogen-bond acceptors (Lipinski definition) is 5. The summed E-state index contributed by atoms with van der Waals surface area (Å²) in [5, 5.41) is 0. The van der Waals surface area contributed by atoms with E-state index in [9.17, 15) is 13.2 Å². The molecule has 0 aliphatic carbocycles. The van der Waals surface area contributed by atoms with Crippen LogP contribution in [-0.4, -0.2) is 50.5 Å². The molecule has 0 saturated carbocycles. The highest BCUT2D eigenvalue weighted by Crippen LogP contribution is 2.18. The van der Waals surface area contributed by atoms with Crippen LogP contribution in [0.15, 0.2) is 0 Å². The fourth-order valence-corrected chi connectivity index (χ4v) is 2.41. The Morgan fingerprint density at radius 2 is 1.80 bits per heavy atom. The monoisotopic (exact) mass is 309 g/mol. The van der Waals surface area contributed by atoms with Crippen molar-refractivity contribution in [2.75, 3.05) is 19.3 Å². The Bertz CT molecular complexity index is 399. The lowest BCUT2D eigenvalue weighted by Gasteiger charge is -2.33. The lowest BCUT2D eigenvalue weighted by Crippen LogP contribution is -2.45. The molecule has 120 valence electrons. The van der Waals surface area contributed by atoms with Crippen LogP contribution in [0.3, 0.4) is 0 Å². The Kier molecular flexibility index (Phi) is 7.51.